The molecule has 1 aliphatic rings. The maximum atomic E-state index is 11.8. The molecule has 2 N–H and O–H groups in total. The van der Waals surface area contributed by atoms with Crippen LogP contribution in [0.3, 0.4) is 0 Å². The number of rotatable bonds is 6. The second-order valence-electron chi connectivity index (χ2n) is 5.02. The summed E-state index contributed by atoms with van der Waals surface area (Å²) in [6, 6.07) is 9.24. The topological polar surface area (TPSA) is 67.8 Å². The van der Waals surface area contributed by atoms with Gasteiger partial charge < -0.3 is 19.9 Å². The van der Waals surface area contributed by atoms with Gasteiger partial charge in [0, 0.05) is 11.4 Å². The number of carbonyl (C=O) groups excluding carboxylic acids is 1. The average Bonchev–Trinajstić information content (AvgIpc) is 3.17. The number of fused-ring (bicyclic) bond motifs is 1. The zero-order chi connectivity index (χ0) is 15.4. The number of ether oxygens (including phenoxy) is 2. The Morgan fingerprint density at radius 3 is 3.00 bits per heavy atom. The molecule has 0 spiro atoms. The van der Waals surface area contributed by atoms with Gasteiger partial charge in [0.2, 0.25) is 12.7 Å². The van der Waals surface area contributed by atoms with E-state index >= 15 is 0 Å². The monoisotopic (exact) mass is 319 g/mol. The molecule has 0 fully saturated rings. The molecule has 2 heterocycles. The lowest BCUT2D eigenvalue weighted by Crippen LogP contribution is -2.26. The molecule has 0 saturated heterocycles. The maximum absolute atomic E-state index is 11.8. The van der Waals surface area contributed by atoms with Gasteiger partial charge in [0.15, 0.2) is 11.5 Å². The van der Waals surface area contributed by atoms with Crippen LogP contribution in [0.5, 0.6) is 11.5 Å². The molecule has 0 saturated carbocycles. The summed E-state index contributed by atoms with van der Waals surface area (Å²) in [5.74, 6) is 1.32. The van der Waals surface area contributed by atoms with Gasteiger partial charge in [-0.25, -0.2) is 0 Å². The molecule has 6 heteroatoms. The smallest absolute Gasteiger partial charge is 0.231 e. The second kappa shape index (κ2) is 6.81. The van der Waals surface area contributed by atoms with E-state index in [9.17, 15) is 9.90 Å². The summed E-state index contributed by atoms with van der Waals surface area (Å²) in [6.45, 7) is 0.646. The van der Waals surface area contributed by atoms with Crippen LogP contribution in [0.4, 0.5) is 0 Å². The Labute approximate surface area is 132 Å². The highest BCUT2D eigenvalue weighted by Gasteiger charge is 2.16. The van der Waals surface area contributed by atoms with Crippen molar-refractivity contribution < 1.29 is 19.4 Å². The van der Waals surface area contributed by atoms with E-state index in [4.69, 9.17) is 9.47 Å². The first kappa shape index (κ1) is 14.9. The lowest BCUT2D eigenvalue weighted by molar-refractivity contribution is -0.120. The van der Waals surface area contributed by atoms with E-state index in [1.54, 1.807) is 23.5 Å². The largest absolute Gasteiger partial charge is 0.454 e. The zero-order valence-electron chi connectivity index (χ0n) is 12.0. The fourth-order valence-corrected chi connectivity index (χ4v) is 2.97. The molecule has 22 heavy (non-hydrogen) atoms. The summed E-state index contributed by atoms with van der Waals surface area (Å²) >= 11 is 1.56. The molecule has 0 bridgehead atoms. The van der Waals surface area contributed by atoms with E-state index in [0.717, 1.165) is 10.4 Å². The number of amides is 1. The molecule has 0 unspecified atom stereocenters. The minimum atomic E-state index is -0.642. The summed E-state index contributed by atoms with van der Waals surface area (Å²) in [4.78, 5) is 12.8. The van der Waals surface area contributed by atoms with Gasteiger partial charge in [-0.05, 0) is 35.6 Å². The minimum absolute atomic E-state index is 0.0275. The summed E-state index contributed by atoms with van der Waals surface area (Å²) in [6.07, 6.45) is 0.199. The number of aliphatic hydroxyl groups is 1. The Morgan fingerprint density at radius 2 is 2.18 bits per heavy atom. The molecule has 5 nitrogen and oxygen atoms in total. The first-order valence-electron chi connectivity index (χ1n) is 7.09. The van der Waals surface area contributed by atoms with E-state index in [1.807, 2.05) is 23.6 Å². The molecule has 1 aromatic carbocycles. The van der Waals surface area contributed by atoms with Gasteiger partial charge in [-0.3, -0.25) is 4.79 Å². The van der Waals surface area contributed by atoms with E-state index in [2.05, 4.69) is 5.32 Å². The number of hydrogen-bond donors (Lipinski definition) is 2. The normalized spacial score (nSPS) is 13.9. The summed E-state index contributed by atoms with van der Waals surface area (Å²) in [7, 11) is 0. The molecule has 116 valence electrons. The number of benzene rings is 1. The van der Waals surface area contributed by atoms with Crippen molar-refractivity contribution in [2.75, 3.05) is 13.3 Å². The van der Waals surface area contributed by atoms with Gasteiger partial charge in [0.1, 0.15) is 0 Å². The molecule has 0 radical (unpaired) electrons. The summed E-state index contributed by atoms with van der Waals surface area (Å²) < 4.78 is 10.5. The maximum Gasteiger partial charge on any atom is 0.231 e. The van der Waals surface area contributed by atoms with Gasteiger partial charge in [-0.1, -0.05) is 12.1 Å². The predicted molar refractivity (Wildman–Crippen MR) is 83.2 cm³/mol. The first-order chi connectivity index (χ1) is 10.7. The Balaban J connectivity index is 1.46. The second-order valence-corrected chi connectivity index (χ2v) is 6.06. The van der Waals surface area contributed by atoms with Crippen molar-refractivity contribution in [1.82, 2.24) is 5.32 Å². The predicted octanol–water partition coefficient (Wildman–Crippen LogP) is 2.26. The van der Waals surface area contributed by atoms with E-state index in [-0.39, 0.29) is 12.7 Å². The SMILES string of the molecule is O=C(Cc1cccs1)NCC[C@@H](O)c1ccc2c(c1)OCO2. The Bertz CT molecular complexity index is 642. The van der Waals surface area contributed by atoms with Gasteiger partial charge in [-0.15, -0.1) is 11.3 Å². The zero-order valence-corrected chi connectivity index (χ0v) is 12.8. The van der Waals surface area contributed by atoms with Crippen molar-refractivity contribution in [3.05, 3.63) is 46.2 Å². The number of hydrogen-bond acceptors (Lipinski definition) is 5. The number of thiophene rings is 1. The van der Waals surface area contributed by atoms with Crippen molar-refractivity contribution in [2.24, 2.45) is 0 Å². The van der Waals surface area contributed by atoms with E-state index in [0.29, 0.717) is 30.9 Å². The van der Waals surface area contributed by atoms with E-state index in [1.165, 1.54) is 0 Å². The van der Waals surface area contributed by atoms with Crippen molar-refractivity contribution >= 4 is 17.2 Å². The third-order valence-corrected chi connectivity index (χ3v) is 4.31. The molecular weight excluding hydrogens is 302 g/mol. The number of aliphatic hydroxyl groups excluding tert-OH is 1. The average molecular weight is 319 g/mol. The van der Waals surface area contributed by atoms with Crippen LogP contribution in [0.2, 0.25) is 0 Å². The van der Waals surface area contributed by atoms with E-state index < -0.39 is 6.10 Å². The quantitative estimate of drug-likeness (QED) is 0.857. The van der Waals surface area contributed by atoms with Crippen LogP contribution in [0, 0.1) is 0 Å². The molecule has 0 aliphatic carbocycles. The van der Waals surface area contributed by atoms with Crippen LogP contribution >= 0.6 is 11.3 Å². The third kappa shape index (κ3) is 3.58. The molecule has 1 atom stereocenters. The van der Waals surface area contributed by atoms with Crippen molar-refractivity contribution in [3.63, 3.8) is 0 Å². The van der Waals surface area contributed by atoms with Gasteiger partial charge in [0.25, 0.3) is 0 Å². The van der Waals surface area contributed by atoms with Gasteiger partial charge in [0.05, 0.1) is 12.5 Å². The van der Waals surface area contributed by atoms with Crippen molar-refractivity contribution in [1.29, 1.82) is 0 Å². The van der Waals surface area contributed by atoms with Gasteiger partial charge >= 0.3 is 0 Å². The molecule has 1 aliphatic heterocycles. The molecule has 2 aromatic rings. The Kier molecular flexibility index (Phi) is 4.60. The standard InChI is InChI=1S/C16H17NO4S/c18-13(11-3-4-14-15(8-11)21-10-20-14)5-6-17-16(19)9-12-2-1-7-22-12/h1-4,7-8,13,18H,5-6,9-10H2,(H,17,19)/t13-/m1/s1. The first-order valence-corrected chi connectivity index (χ1v) is 7.97. The van der Waals surface area contributed by atoms with Crippen LogP contribution in [-0.4, -0.2) is 24.4 Å². The highest BCUT2D eigenvalue weighted by atomic mass is 32.1. The molecule has 1 amide bonds. The summed E-state index contributed by atoms with van der Waals surface area (Å²) in [5, 5.41) is 15.0. The van der Waals surface area contributed by atoms with Crippen molar-refractivity contribution in [3.8, 4) is 11.5 Å². The van der Waals surface area contributed by atoms with Crippen LogP contribution in [0.1, 0.15) is 23.0 Å². The molecular formula is C16H17NO4S. The Morgan fingerprint density at radius 1 is 1.32 bits per heavy atom. The Hall–Kier alpha value is -2.05. The fraction of sp³-hybridized carbons (Fsp3) is 0.312. The summed E-state index contributed by atoms with van der Waals surface area (Å²) in [5.41, 5.74) is 0.761. The highest BCUT2D eigenvalue weighted by molar-refractivity contribution is 7.10. The van der Waals surface area contributed by atoms with Crippen molar-refractivity contribution in [2.45, 2.75) is 18.9 Å². The van der Waals surface area contributed by atoms with Gasteiger partial charge in [-0.2, -0.15) is 0 Å². The highest BCUT2D eigenvalue weighted by Crippen LogP contribution is 2.34. The van der Waals surface area contributed by atoms with Crippen LogP contribution in [0.15, 0.2) is 35.7 Å². The minimum Gasteiger partial charge on any atom is -0.454 e. The fourth-order valence-electron chi connectivity index (χ4n) is 2.27. The van der Waals surface area contributed by atoms with Crippen LogP contribution in [0.25, 0.3) is 0 Å². The molecule has 1 aromatic heterocycles. The number of carbonyl (C=O) groups is 1. The third-order valence-electron chi connectivity index (χ3n) is 3.44. The molecule has 3 rings (SSSR count). The van der Waals surface area contributed by atoms with Crippen LogP contribution in [-0.2, 0) is 11.2 Å². The lowest BCUT2D eigenvalue weighted by Gasteiger charge is -2.12. The van der Waals surface area contributed by atoms with Crippen LogP contribution < -0.4 is 14.8 Å². The lowest BCUT2D eigenvalue weighted by atomic mass is 10.1. The number of nitrogens with one attached hydrogen (secondary N) is 1.